The summed E-state index contributed by atoms with van der Waals surface area (Å²) in [5.74, 6) is -0.319. The van der Waals surface area contributed by atoms with Crippen molar-refractivity contribution in [2.75, 3.05) is 0 Å². The quantitative estimate of drug-likeness (QED) is 0.711. The molecule has 0 fully saturated rings. The van der Waals surface area contributed by atoms with E-state index in [1.807, 2.05) is 0 Å². The van der Waals surface area contributed by atoms with E-state index in [0.717, 1.165) is 0 Å². The van der Waals surface area contributed by atoms with Crippen LogP contribution in [0.1, 0.15) is 17.3 Å². The Morgan fingerprint density at radius 1 is 1.62 bits per heavy atom. The average molecular weight is 200 g/mol. The van der Waals surface area contributed by atoms with E-state index in [2.05, 4.69) is 0 Å². The molecule has 4 heteroatoms. The predicted octanol–water partition coefficient (Wildman–Crippen LogP) is 1.58. The van der Waals surface area contributed by atoms with Gasteiger partial charge in [0.15, 0.2) is 5.78 Å². The topological polar surface area (TPSA) is 63.3 Å². The minimum atomic E-state index is -0.569. The number of aromatic hydroxyl groups is 1. The van der Waals surface area contributed by atoms with Gasteiger partial charge in [-0.2, -0.15) is 0 Å². The number of nitrogens with two attached hydrogens (primary N) is 1. The molecule has 3 nitrogen and oxygen atoms in total. The summed E-state index contributed by atoms with van der Waals surface area (Å²) in [6.45, 7) is 1.59. The molecular weight excluding hydrogens is 190 g/mol. The average Bonchev–Trinajstić information content (AvgIpc) is 2.08. The van der Waals surface area contributed by atoms with E-state index in [1.165, 1.54) is 18.2 Å². The number of carbonyl (C=O) groups excluding carboxylic acids is 1. The van der Waals surface area contributed by atoms with Crippen LogP contribution in [0.25, 0.3) is 0 Å². The SMILES string of the molecule is CC(N)C(=O)c1ccc(Cl)c(O)c1. The normalized spacial score (nSPS) is 12.5. The Bertz CT molecular complexity index is 336. The van der Waals surface area contributed by atoms with E-state index in [1.54, 1.807) is 6.92 Å². The molecule has 0 amide bonds. The molecule has 1 aromatic rings. The summed E-state index contributed by atoms with van der Waals surface area (Å²) in [6, 6.07) is 3.74. The van der Waals surface area contributed by atoms with Gasteiger partial charge >= 0.3 is 0 Å². The van der Waals surface area contributed by atoms with Crippen molar-refractivity contribution in [1.82, 2.24) is 0 Å². The van der Waals surface area contributed by atoms with Gasteiger partial charge in [-0.1, -0.05) is 11.6 Å². The lowest BCUT2D eigenvalue weighted by atomic mass is 10.1. The van der Waals surface area contributed by atoms with Crippen LogP contribution in [0.2, 0.25) is 5.02 Å². The van der Waals surface area contributed by atoms with Gasteiger partial charge in [-0.15, -0.1) is 0 Å². The molecule has 13 heavy (non-hydrogen) atoms. The molecular formula is C9H10ClNO2. The first-order valence-corrected chi connectivity index (χ1v) is 4.18. The fraction of sp³-hybridized carbons (Fsp3) is 0.222. The third kappa shape index (κ3) is 2.20. The van der Waals surface area contributed by atoms with Crippen molar-refractivity contribution in [3.63, 3.8) is 0 Å². The fourth-order valence-electron chi connectivity index (χ4n) is 0.929. The van der Waals surface area contributed by atoms with Crippen LogP contribution in [0.4, 0.5) is 0 Å². The number of Topliss-reactive ketones (excluding diaryl/α,β-unsaturated/α-hetero) is 1. The van der Waals surface area contributed by atoms with Crippen molar-refractivity contribution in [2.24, 2.45) is 5.73 Å². The summed E-state index contributed by atoms with van der Waals surface area (Å²) in [7, 11) is 0. The number of hydrogen-bond acceptors (Lipinski definition) is 3. The molecule has 0 heterocycles. The number of rotatable bonds is 2. The summed E-state index contributed by atoms with van der Waals surface area (Å²) >= 11 is 5.57. The van der Waals surface area contributed by atoms with Crippen molar-refractivity contribution < 1.29 is 9.90 Å². The highest BCUT2D eigenvalue weighted by atomic mass is 35.5. The molecule has 0 aliphatic rings. The molecule has 0 bridgehead atoms. The van der Waals surface area contributed by atoms with Crippen LogP contribution < -0.4 is 5.73 Å². The summed E-state index contributed by atoms with van der Waals surface area (Å²) < 4.78 is 0. The zero-order valence-electron chi connectivity index (χ0n) is 7.12. The molecule has 0 aliphatic carbocycles. The molecule has 0 radical (unpaired) electrons. The van der Waals surface area contributed by atoms with Crippen molar-refractivity contribution >= 4 is 17.4 Å². The maximum Gasteiger partial charge on any atom is 0.179 e. The molecule has 0 saturated heterocycles. The van der Waals surface area contributed by atoms with Crippen molar-refractivity contribution in [3.05, 3.63) is 28.8 Å². The largest absolute Gasteiger partial charge is 0.506 e. The van der Waals surface area contributed by atoms with Gasteiger partial charge in [0.2, 0.25) is 0 Å². The maximum atomic E-state index is 11.3. The highest BCUT2D eigenvalue weighted by Crippen LogP contribution is 2.23. The van der Waals surface area contributed by atoms with E-state index in [4.69, 9.17) is 17.3 Å². The van der Waals surface area contributed by atoms with Crippen molar-refractivity contribution in [2.45, 2.75) is 13.0 Å². The van der Waals surface area contributed by atoms with E-state index < -0.39 is 6.04 Å². The third-order valence-electron chi connectivity index (χ3n) is 1.64. The minimum absolute atomic E-state index is 0.104. The molecule has 70 valence electrons. The summed E-state index contributed by atoms with van der Waals surface area (Å²) in [5.41, 5.74) is 5.76. The number of phenols is 1. The van der Waals surface area contributed by atoms with E-state index in [0.29, 0.717) is 5.56 Å². The number of benzene rings is 1. The van der Waals surface area contributed by atoms with Crippen LogP contribution in [-0.2, 0) is 0 Å². The first-order valence-electron chi connectivity index (χ1n) is 3.80. The monoisotopic (exact) mass is 199 g/mol. The summed E-state index contributed by atoms with van der Waals surface area (Å²) in [6.07, 6.45) is 0. The number of halogens is 1. The molecule has 3 N–H and O–H groups in total. The fourth-order valence-corrected chi connectivity index (χ4v) is 1.05. The number of carbonyl (C=O) groups is 1. The van der Waals surface area contributed by atoms with Gasteiger partial charge in [-0.05, 0) is 25.1 Å². The third-order valence-corrected chi connectivity index (χ3v) is 1.96. The number of ketones is 1. The predicted molar refractivity (Wildman–Crippen MR) is 51.1 cm³/mol. The Labute approximate surface area is 81.1 Å². The zero-order chi connectivity index (χ0) is 10.0. The van der Waals surface area contributed by atoms with Crippen LogP contribution >= 0.6 is 11.6 Å². The second-order valence-corrected chi connectivity index (χ2v) is 3.23. The molecule has 0 saturated carbocycles. The second kappa shape index (κ2) is 3.77. The second-order valence-electron chi connectivity index (χ2n) is 2.82. The smallest absolute Gasteiger partial charge is 0.179 e. The van der Waals surface area contributed by atoms with Crippen LogP contribution in [-0.4, -0.2) is 16.9 Å². The van der Waals surface area contributed by atoms with Gasteiger partial charge in [-0.3, -0.25) is 4.79 Å². The molecule has 1 aromatic carbocycles. The standard InChI is InChI=1S/C9H10ClNO2/c1-5(11)9(13)6-2-3-7(10)8(12)4-6/h2-5,12H,11H2,1H3. The molecule has 1 atom stereocenters. The first-order chi connectivity index (χ1) is 6.02. The van der Waals surface area contributed by atoms with Gasteiger partial charge in [0.25, 0.3) is 0 Å². The van der Waals surface area contributed by atoms with Crippen LogP contribution in [0, 0.1) is 0 Å². The van der Waals surface area contributed by atoms with Crippen LogP contribution in [0.5, 0.6) is 5.75 Å². The van der Waals surface area contributed by atoms with E-state index in [-0.39, 0.29) is 16.6 Å². The Balaban J connectivity index is 3.04. The molecule has 1 rings (SSSR count). The summed E-state index contributed by atoms with van der Waals surface area (Å²) in [4.78, 5) is 11.3. The Morgan fingerprint density at radius 3 is 2.69 bits per heavy atom. The zero-order valence-corrected chi connectivity index (χ0v) is 7.88. The maximum absolute atomic E-state index is 11.3. The molecule has 0 aromatic heterocycles. The van der Waals surface area contributed by atoms with E-state index >= 15 is 0 Å². The van der Waals surface area contributed by atoms with Gasteiger partial charge in [0.05, 0.1) is 11.1 Å². The van der Waals surface area contributed by atoms with Crippen LogP contribution in [0.15, 0.2) is 18.2 Å². The lowest BCUT2D eigenvalue weighted by molar-refractivity contribution is 0.0967. The van der Waals surface area contributed by atoms with Gasteiger partial charge in [-0.25, -0.2) is 0 Å². The Hall–Kier alpha value is -1.06. The first kappa shape index (κ1) is 10.0. The molecule has 1 unspecified atom stereocenters. The van der Waals surface area contributed by atoms with Crippen molar-refractivity contribution in [3.8, 4) is 5.75 Å². The molecule has 0 aliphatic heterocycles. The highest BCUT2D eigenvalue weighted by molar-refractivity contribution is 6.32. The van der Waals surface area contributed by atoms with Gasteiger partial charge in [0.1, 0.15) is 5.75 Å². The van der Waals surface area contributed by atoms with Crippen molar-refractivity contribution in [1.29, 1.82) is 0 Å². The Morgan fingerprint density at radius 2 is 2.23 bits per heavy atom. The number of hydrogen-bond donors (Lipinski definition) is 2. The lowest BCUT2D eigenvalue weighted by Gasteiger charge is -2.04. The number of phenolic OH excluding ortho intramolecular Hbond substituents is 1. The van der Waals surface area contributed by atoms with E-state index in [9.17, 15) is 9.90 Å². The minimum Gasteiger partial charge on any atom is -0.506 e. The van der Waals surface area contributed by atoms with Gasteiger partial charge in [0, 0.05) is 5.56 Å². The highest BCUT2D eigenvalue weighted by Gasteiger charge is 2.11. The van der Waals surface area contributed by atoms with Gasteiger partial charge < -0.3 is 10.8 Å². The molecule has 0 spiro atoms. The van der Waals surface area contributed by atoms with Crippen LogP contribution in [0.3, 0.4) is 0 Å². The Kier molecular flexibility index (Phi) is 2.90. The summed E-state index contributed by atoms with van der Waals surface area (Å²) in [5, 5.41) is 9.43. The lowest BCUT2D eigenvalue weighted by Crippen LogP contribution is -2.26.